The normalized spacial score (nSPS) is 21.8. The van der Waals surface area contributed by atoms with Crippen LogP contribution in [0.25, 0.3) is 0 Å². The van der Waals surface area contributed by atoms with Gasteiger partial charge >= 0.3 is 0 Å². The first-order valence-corrected chi connectivity index (χ1v) is 11.1. The number of nitrogens with zero attached hydrogens (tertiary/aromatic N) is 1. The molecule has 0 heterocycles. The molecule has 2 N–H and O–H groups in total. The summed E-state index contributed by atoms with van der Waals surface area (Å²) in [4.78, 5) is 4.84. The maximum Gasteiger partial charge on any atom is 0.203 e. The van der Waals surface area contributed by atoms with Crippen molar-refractivity contribution in [2.75, 3.05) is 34.5 Å². The van der Waals surface area contributed by atoms with Crippen LogP contribution in [0, 0.1) is 5.41 Å². The topological polar surface area (TPSA) is 73.3 Å². The van der Waals surface area contributed by atoms with Crippen LogP contribution in [0.1, 0.15) is 51.5 Å². The van der Waals surface area contributed by atoms with E-state index in [1.54, 1.807) is 21.3 Å². The predicted octanol–water partition coefficient (Wildman–Crippen LogP) is 4.12. The van der Waals surface area contributed by atoms with E-state index in [1.165, 1.54) is 25.7 Å². The van der Waals surface area contributed by atoms with Crippen molar-refractivity contribution in [3.8, 4) is 17.2 Å². The summed E-state index contributed by atoms with van der Waals surface area (Å²) in [5, 5.41) is 7.09. The Morgan fingerprint density at radius 1 is 1.06 bits per heavy atom. The molecule has 0 saturated heterocycles. The number of methoxy groups -OCH3 is 3. The Kier molecular flexibility index (Phi) is 9.99. The molecule has 7 nitrogen and oxygen atoms in total. The van der Waals surface area contributed by atoms with Gasteiger partial charge < -0.3 is 29.6 Å². The van der Waals surface area contributed by atoms with E-state index < -0.39 is 0 Å². The zero-order chi connectivity index (χ0) is 21.6. The molecule has 2 aliphatic carbocycles. The number of halogens is 1. The van der Waals surface area contributed by atoms with Crippen molar-refractivity contribution in [1.29, 1.82) is 0 Å². The van der Waals surface area contributed by atoms with Gasteiger partial charge in [-0.05, 0) is 50.8 Å². The summed E-state index contributed by atoms with van der Waals surface area (Å²) in [6.07, 6.45) is 6.48. The van der Waals surface area contributed by atoms with Crippen LogP contribution in [0.5, 0.6) is 17.2 Å². The Balaban J connectivity index is 0.00000341. The van der Waals surface area contributed by atoms with Crippen molar-refractivity contribution in [1.82, 2.24) is 10.6 Å². The lowest BCUT2D eigenvalue weighted by molar-refractivity contribution is -0.125. The molecule has 0 aromatic heterocycles. The Hall–Kier alpha value is -1.42. The predicted molar refractivity (Wildman–Crippen MR) is 134 cm³/mol. The van der Waals surface area contributed by atoms with Gasteiger partial charge in [-0.25, -0.2) is 4.99 Å². The average Bonchev–Trinajstić information content (AvgIpc) is 3.29. The molecule has 0 aliphatic heterocycles. The van der Waals surface area contributed by atoms with Gasteiger partial charge in [0, 0.05) is 24.6 Å². The fourth-order valence-electron chi connectivity index (χ4n) is 4.97. The van der Waals surface area contributed by atoms with Gasteiger partial charge in [-0.2, -0.15) is 0 Å². The van der Waals surface area contributed by atoms with Crippen LogP contribution in [0.4, 0.5) is 0 Å². The van der Waals surface area contributed by atoms with Crippen LogP contribution in [-0.4, -0.2) is 52.6 Å². The van der Waals surface area contributed by atoms with Gasteiger partial charge in [0.25, 0.3) is 0 Å². The van der Waals surface area contributed by atoms with Crippen LogP contribution in [0.2, 0.25) is 0 Å². The number of hydrogen-bond acceptors (Lipinski definition) is 5. The fourth-order valence-corrected chi connectivity index (χ4v) is 4.97. The maximum atomic E-state index is 6.05. The summed E-state index contributed by atoms with van der Waals surface area (Å²) < 4.78 is 22.4. The quantitative estimate of drug-likeness (QED) is 0.275. The highest BCUT2D eigenvalue weighted by atomic mass is 127. The monoisotopic (exact) mass is 547 g/mol. The smallest absolute Gasteiger partial charge is 0.203 e. The first-order valence-electron chi connectivity index (χ1n) is 11.1. The zero-order valence-corrected chi connectivity index (χ0v) is 21.8. The Morgan fingerprint density at radius 3 is 2.23 bits per heavy atom. The van der Waals surface area contributed by atoms with Crippen molar-refractivity contribution in [3.05, 3.63) is 17.7 Å². The van der Waals surface area contributed by atoms with Crippen LogP contribution in [0.3, 0.4) is 0 Å². The van der Waals surface area contributed by atoms with Gasteiger partial charge in [0.1, 0.15) is 0 Å². The molecular formula is C23H38IN3O4. The van der Waals surface area contributed by atoms with E-state index in [-0.39, 0.29) is 29.4 Å². The molecule has 0 bridgehead atoms. The van der Waals surface area contributed by atoms with Gasteiger partial charge in [0.05, 0.1) is 34.0 Å². The van der Waals surface area contributed by atoms with Crippen molar-refractivity contribution in [3.63, 3.8) is 0 Å². The minimum Gasteiger partial charge on any atom is -0.493 e. The Labute approximate surface area is 203 Å². The summed E-state index contributed by atoms with van der Waals surface area (Å²) in [6.45, 7) is 6.29. The molecule has 8 heteroatoms. The summed E-state index contributed by atoms with van der Waals surface area (Å²) in [7, 11) is 4.86. The summed E-state index contributed by atoms with van der Waals surface area (Å²) in [5.41, 5.74) is 1.26. The lowest BCUT2D eigenvalue weighted by Gasteiger charge is -2.54. The average molecular weight is 547 g/mol. The Morgan fingerprint density at radius 2 is 1.71 bits per heavy atom. The molecule has 2 fully saturated rings. The molecule has 1 spiro atoms. The molecule has 1 aromatic rings. The van der Waals surface area contributed by atoms with E-state index in [0.717, 1.165) is 31.1 Å². The molecule has 176 valence electrons. The second-order valence-electron chi connectivity index (χ2n) is 8.05. The standard InChI is InChI=1S/C23H37N3O4.HI/c1-6-24-22(26-19-14-20(30-7-2)23(19)10-8-9-11-23)25-15-16-12-17(27-3)21(29-5)18(13-16)28-4;/h12-13,19-20H,6-11,14-15H2,1-5H3,(H2,24,25,26);1H. The molecule has 2 aliphatic rings. The number of rotatable bonds is 9. The third-order valence-corrected chi connectivity index (χ3v) is 6.49. The molecule has 31 heavy (non-hydrogen) atoms. The second kappa shape index (κ2) is 12.0. The fraction of sp³-hybridized carbons (Fsp3) is 0.696. The first kappa shape index (κ1) is 25.8. The van der Waals surface area contributed by atoms with Crippen molar-refractivity contribution >= 4 is 29.9 Å². The number of benzene rings is 1. The van der Waals surface area contributed by atoms with E-state index in [0.29, 0.717) is 35.9 Å². The third-order valence-electron chi connectivity index (χ3n) is 6.49. The van der Waals surface area contributed by atoms with E-state index >= 15 is 0 Å². The lowest BCUT2D eigenvalue weighted by Crippen LogP contribution is -2.65. The SMILES string of the molecule is CCNC(=NCc1cc(OC)c(OC)c(OC)c1)NC1CC(OCC)C12CCCC2.I. The highest BCUT2D eigenvalue weighted by Gasteiger charge is 2.56. The van der Waals surface area contributed by atoms with Crippen LogP contribution in [-0.2, 0) is 11.3 Å². The van der Waals surface area contributed by atoms with Crippen molar-refractivity contribution < 1.29 is 18.9 Å². The largest absolute Gasteiger partial charge is 0.493 e. The van der Waals surface area contributed by atoms with E-state index in [4.69, 9.17) is 23.9 Å². The highest BCUT2D eigenvalue weighted by Crippen LogP contribution is 2.54. The van der Waals surface area contributed by atoms with E-state index in [9.17, 15) is 0 Å². The third kappa shape index (κ3) is 5.50. The minimum absolute atomic E-state index is 0. The molecule has 0 radical (unpaired) electrons. The van der Waals surface area contributed by atoms with Gasteiger partial charge in [0.2, 0.25) is 5.75 Å². The number of hydrogen-bond donors (Lipinski definition) is 2. The molecule has 2 atom stereocenters. The van der Waals surface area contributed by atoms with Crippen LogP contribution < -0.4 is 24.8 Å². The van der Waals surface area contributed by atoms with Gasteiger partial charge in [-0.3, -0.25) is 0 Å². The lowest BCUT2D eigenvalue weighted by atomic mass is 9.60. The van der Waals surface area contributed by atoms with Crippen molar-refractivity contribution in [2.24, 2.45) is 10.4 Å². The summed E-state index contributed by atoms with van der Waals surface area (Å²) >= 11 is 0. The molecule has 3 rings (SSSR count). The van der Waals surface area contributed by atoms with E-state index in [2.05, 4.69) is 24.5 Å². The van der Waals surface area contributed by atoms with Gasteiger partial charge in [-0.15, -0.1) is 24.0 Å². The van der Waals surface area contributed by atoms with Crippen LogP contribution >= 0.6 is 24.0 Å². The number of aliphatic imine (C=N–C) groups is 1. The molecule has 0 amide bonds. The highest BCUT2D eigenvalue weighted by molar-refractivity contribution is 14.0. The number of guanidine groups is 1. The minimum atomic E-state index is 0. The first-order chi connectivity index (χ1) is 14.6. The summed E-state index contributed by atoms with van der Waals surface area (Å²) in [6, 6.07) is 4.30. The van der Waals surface area contributed by atoms with Crippen LogP contribution in [0.15, 0.2) is 17.1 Å². The van der Waals surface area contributed by atoms with E-state index in [1.807, 2.05) is 12.1 Å². The molecule has 1 aromatic carbocycles. The molecular weight excluding hydrogens is 509 g/mol. The number of nitrogens with one attached hydrogen (secondary N) is 2. The van der Waals surface area contributed by atoms with Crippen molar-refractivity contribution in [2.45, 2.75) is 64.6 Å². The Bertz CT molecular complexity index is 713. The number of ether oxygens (including phenoxy) is 4. The summed E-state index contributed by atoms with van der Waals surface area (Å²) in [5.74, 6) is 2.72. The van der Waals surface area contributed by atoms with Gasteiger partial charge in [0.15, 0.2) is 17.5 Å². The zero-order valence-electron chi connectivity index (χ0n) is 19.5. The second-order valence-corrected chi connectivity index (χ2v) is 8.05. The molecule has 2 unspecified atom stereocenters. The van der Waals surface area contributed by atoms with Gasteiger partial charge in [-0.1, -0.05) is 12.8 Å². The molecule has 2 saturated carbocycles. The maximum absolute atomic E-state index is 6.05.